The molecule has 1 fully saturated rings. The van der Waals surface area contributed by atoms with Crippen molar-refractivity contribution in [2.45, 2.75) is 31.7 Å². The first-order valence-electron chi connectivity index (χ1n) is 6.02. The summed E-state index contributed by atoms with van der Waals surface area (Å²) >= 11 is 0. The molecule has 1 aromatic heterocycles. The Morgan fingerprint density at radius 3 is 2.78 bits per heavy atom. The second-order valence-corrected chi connectivity index (χ2v) is 4.59. The first-order chi connectivity index (χ1) is 8.56. The van der Waals surface area contributed by atoms with Gasteiger partial charge in [-0.3, -0.25) is 9.78 Å². The smallest absolute Gasteiger partial charge is 0.335 e. The van der Waals surface area contributed by atoms with Gasteiger partial charge in [-0.05, 0) is 31.9 Å². The molecule has 0 radical (unpaired) electrons. The van der Waals surface area contributed by atoms with E-state index >= 15 is 0 Å². The summed E-state index contributed by atoms with van der Waals surface area (Å²) < 4.78 is 0. The highest BCUT2D eigenvalue weighted by Crippen LogP contribution is 2.30. The van der Waals surface area contributed by atoms with Gasteiger partial charge >= 0.3 is 5.97 Å². The van der Waals surface area contributed by atoms with Crippen LogP contribution in [0.25, 0.3) is 0 Å². The molecule has 1 atom stereocenters. The highest BCUT2D eigenvalue weighted by Gasteiger charge is 2.45. The SMILES string of the molecule is CC(C(=O)O)(c1ccccn1)N1CCCCC1=O. The first-order valence-corrected chi connectivity index (χ1v) is 6.02. The van der Waals surface area contributed by atoms with Crippen LogP contribution in [0.4, 0.5) is 0 Å². The normalized spacial score (nSPS) is 19.4. The molecule has 18 heavy (non-hydrogen) atoms. The van der Waals surface area contributed by atoms with E-state index in [-0.39, 0.29) is 5.91 Å². The van der Waals surface area contributed by atoms with E-state index in [9.17, 15) is 14.7 Å². The van der Waals surface area contributed by atoms with Gasteiger partial charge in [0.05, 0.1) is 5.69 Å². The Balaban J connectivity index is 2.44. The molecule has 1 aliphatic heterocycles. The van der Waals surface area contributed by atoms with E-state index < -0.39 is 11.5 Å². The summed E-state index contributed by atoms with van der Waals surface area (Å²) in [5.74, 6) is -1.16. The molecule has 5 heteroatoms. The van der Waals surface area contributed by atoms with Crippen molar-refractivity contribution in [1.29, 1.82) is 0 Å². The van der Waals surface area contributed by atoms with Crippen LogP contribution in [0.5, 0.6) is 0 Å². The van der Waals surface area contributed by atoms with E-state index in [1.54, 1.807) is 31.3 Å². The van der Waals surface area contributed by atoms with Crippen LogP contribution in [0.3, 0.4) is 0 Å². The molecule has 2 heterocycles. The van der Waals surface area contributed by atoms with E-state index in [1.807, 2.05) is 0 Å². The number of rotatable bonds is 3. The van der Waals surface area contributed by atoms with Crippen molar-refractivity contribution in [2.24, 2.45) is 0 Å². The van der Waals surface area contributed by atoms with Gasteiger partial charge < -0.3 is 10.0 Å². The van der Waals surface area contributed by atoms with Crippen molar-refractivity contribution in [3.63, 3.8) is 0 Å². The van der Waals surface area contributed by atoms with Gasteiger partial charge in [-0.1, -0.05) is 6.07 Å². The number of pyridine rings is 1. The predicted molar refractivity (Wildman–Crippen MR) is 64.8 cm³/mol. The van der Waals surface area contributed by atoms with E-state index in [0.29, 0.717) is 18.7 Å². The lowest BCUT2D eigenvalue weighted by Gasteiger charge is -2.39. The number of likely N-dealkylation sites (tertiary alicyclic amines) is 1. The molecule has 96 valence electrons. The number of carbonyl (C=O) groups excluding carboxylic acids is 1. The third kappa shape index (κ3) is 1.96. The van der Waals surface area contributed by atoms with E-state index in [2.05, 4.69) is 4.98 Å². The maximum Gasteiger partial charge on any atom is 0.335 e. The molecule has 0 saturated carbocycles. The van der Waals surface area contributed by atoms with Crippen molar-refractivity contribution >= 4 is 11.9 Å². The minimum absolute atomic E-state index is 0.114. The Bertz CT molecular complexity index is 461. The van der Waals surface area contributed by atoms with E-state index in [1.165, 1.54) is 4.90 Å². The van der Waals surface area contributed by atoms with Crippen molar-refractivity contribution < 1.29 is 14.7 Å². The van der Waals surface area contributed by atoms with Crippen LogP contribution in [0, 0.1) is 0 Å². The average Bonchev–Trinajstić information content (AvgIpc) is 2.39. The Kier molecular flexibility index (Phi) is 3.32. The van der Waals surface area contributed by atoms with Crippen LogP contribution in [0.15, 0.2) is 24.4 Å². The summed E-state index contributed by atoms with van der Waals surface area (Å²) in [6.45, 7) is 2.01. The summed E-state index contributed by atoms with van der Waals surface area (Å²) in [5, 5.41) is 9.52. The number of hydrogen-bond donors (Lipinski definition) is 1. The van der Waals surface area contributed by atoms with Gasteiger partial charge in [0.2, 0.25) is 5.91 Å². The lowest BCUT2D eigenvalue weighted by Crippen LogP contribution is -2.54. The fourth-order valence-corrected chi connectivity index (χ4v) is 2.29. The quantitative estimate of drug-likeness (QED) is 0.877. The van der Waals surface area contributed by atoms with Gasteiger partial charge in [0.15, 0.2) is 5.54 Å². The molecule has 0 aliphatic carbocycles. The van der Waals surface area contributed by atoms with E-state index in [4.69, 9.17) is 0 Å². The first kappa shape index (κ1) is 12.5. The third-order valence-corrected chi connectivity index (χ3v) is 3.44. The number of carboxylic acid groups (broad SMARTS) is 1. The second-order valence-electron chi connectivity index (χ2n) is 4.59. The predicted octanol–water partition coefficient (Wildman–Crippen LogP) is 1.39. The third-order valence-electron chi connectivity index (χ3n) is 3.44. The number of amides is 1. The Morgan fingerprint density at radius 2 is 2.22 bits per heavy atom. The van der Waals surface area contributed by atoms with Crippen LogP contribution < -0.4 is 0 Å². The lowest BCUT2D eigenvalue weighted by molar-refractivity contribution is -0.161. The Hall–Kier alpha value is -1.91. The van der Waals surface area contributed by atoms with Gasteiger partial charge in [0.1, 0.15) is 0 Å². The summed E-state index contributed by atoms with van der Waals surface area (Å²) in [7, 11) is 0. The zero-order chi connectivity index (χ0) is 13.2. The molecule has 0 bridgehead atoms. The van der Waals surface area contributed by atoms with E-state index in [0.717, 1.165) is 12.8 Å². The minimum atomic E-state index is -1.38. The molecule has 0 spiro atoms. The summed E-state index contributed by atoms with van der Waals surface area (Å²) in [6.07, 6.45) is 3.62. The monoisotopic (exact) mass is 248 g/mol. The van der Waals surface area contributed by atoms with Crippen LogP contribution >= 0.6 is 0 Å². The zero-order valence-corrected chi connectivity index (χ0v) is 10.3. The molecule has 1 amide bonds. The topological polar surface area (TPSA) is 70.5 Å². The number of aliphatic carboxylic acids is 1. The van der Waals surface area contributed by atoms with Crippen molar-refractivity contribution in [1.82, 2.24) is 9.88 Å². The molecule has 5 nitrogen and oxygen atoms in total. The lowest BCUT2D eigenvalue weighted by atomic mass is 9.92. The number of aromatic nitrogens is 1. The van der Waals surface area contributed by atoms with Crippen LogP contribution in [-0.2, 0) is 15.1 Å². The molecular weight excluding hydrogens is 232 g/mol. The van der Waals surface area contributed by atoms with Gasteiger partial charge in [0.25, 0.3) is 0 Å². The highest BCUT2D eigenvalue weighted by molar-refractivity contribution is 5.87. The number of carbonyl (C=O) groups is 2. The Labute approximate surface area is 105 Å². The molecule has 1 aromatic rings. The molecular formula is C13H16N2O3. The molecule has 1 unspecified atom stereocenters. The molecule has 1 saturated heterocycles. The summed E-state index contributed by atoms with van der Waals surface area (Å²) in [4.78, 5) is 29.1. The van der Waals surface area contributed by atoms with Crippen LogP contribution in [0.1, 0.15) is 31.9 Å². The number of nitrogens with zero attached hydrogens (tertiary/aromatic N) is 2. The van der Waals surface area contributed by atoms with Gasteiger partial charge in [-0.15, -0.1) is 0 Å². The summed E-state index contributed by atoms with van der Waals surface area (Å²) in [5.41, 5.74) is -0.980. The van der Waals surface area contributed by atoms with Crippen molar-refractivity contribution in [2.75, 3.05) is 6.54 Å². The number of hydrogen-bond acceptors (Lipinski definition) is 3. The standard InChI is InChI=1S/C13H16N2O3/c1-13(12(17)18,10-6-2-4-8-14-10)15-9-5-3-7-11(15)16/h2,4,6,8H,3,5,7,9H2,1H3,(H,17,18). The van der Waals surface area contributed by atoms with Gasteiger partial charge in [-0.25, -0.2) is 4.79 Å². The second kappa shape index (κ2) is 4.76. The van der Waals surface area contributed by atoms with Gasteiger partial charge in [0, 0.05) is 19.2 Å². The Morgan fingerprint density at radius 1 is 1.44 bits per heavy atom. The largest absolute Gasteiger partial charge is 0.479 e. The molecule has 0 aromatic carbocycles. The molecule has 1 N–H and O–H groups in total. The zero-order valence-electron chi connectivity index (χ0n) is 10.3. The van der Waals surface area contributed by atoms with Crippen molar-refractivity contribution in [3.05, 3.63) is 30.1 Å². The van der Waals surface area contributed by atoms with Crippen molar-refractivity contribution in [3.8, 4) is 0 Å². The number of carboxylic acids is 1. The fraction of sp³-hybridized carbons (Fsp3) is 0.462. The summed E-state index contributed by atoms with van der Waals surface area (Å²) in [6, 6.07) is 5.11. The minimum Gasteiger partial charge on any atom is -0.479 e. The van der Waals surface area contributed by atoms with Crippen LogP contribution in [0.2, 0.25) is 0 Å². The maximum absolute atomic E-state index is 12.0. The average molecular weight is 248 g/mol. The fourth-order valence-electron chi connectivity index (χ4n) is 2.29. The van der Waals surface area contributed by atoms with Gasteiger partial charge in [-0.2, -0.15) is 0 Å². The molecule has 2 rings (SSSR count). The highest BCUT2D eigenvalue weighted by atomic mass is 16.4. The van der Waals surface area contributed by atoms with Crippen LogP contribution in [-0.4, -0.2) is 33.4 Å². The number of piperidine rings is 1. The molecule has 1 aliphatic rings. The maximum atomic E-state index is 12.0.